The third-order valence-electron chi connectivity index (χ3n) is 6.93. The van der Waals surface area contributed by atoms with Crippen LogP contribution in [0.5, 0.6) is 0 Å². The van der Waals surface area contributed by atoms with Gasteiger partial charge in [0.25, 0.3) is 0 Å². The van der Waals surface area contributed by atoms with Crippen LogP contribution in [0.25, 0.3) is 0 Å². The number of rotatable bonds is 4. The summed E-state index contributed by atoms with van der Waals surface area (Å²) in [6, 6.07) is 10.5. The van der Waals surface area contributed by atoms with Crippen molar-refractivity contribution in [3.63, 3.8) is 0 Å². The second-order valence-corrected chi connectivity index (χ2v) is 8.82. The monoisotopic (exact) mass is 382 g/mol. The quantitative estimate of drug-likeness (QED) is 0.752. The fourth-order valence-electron chi connectivity index (χ4n) is 5.21. The molecule has 0 radical (unpaired) electrons. The summed E-state index contributed by atoms with van der Waals surface area (Å²) in [6.07, 6.45) is 8.07. The second-order valence-electron chi connectivity index (χ2n) is 8.82. The van der Waals surface area contributed by atoms with Gasteiger partial charge in [-0.2, -0.15) is 0 Å². The van der Waals surface area contributed by atoms with E-state index in [9.17, 15) is 14.4 Å². The molecule has 3 fully saturated rings. The molecule has 2 saturated heterocycles. The number of hydrogen-bond donors (Lipinski definition) is 0. The highest BCUT2D eigenvalue weighted by molar-refractivity contribution is 6.08. The van der Waals surface area contributed by atoms with Gasteiger partial charge in [-0.25, -0.2) is 0 Å². The maximum absolute atomic E-state index is 12.9. The Morgan fingerprint density at radius 3 is 2.36 bits per heavy atom. The molecule has 0 N–H and O–H groups in total. The van der Waals surface area contributed by atoms with Crippen LogP contribution >= 0.6 is 0 Å². The minimum absolute atomic E-state index is 0.0667. The zero-order chi connectivity index (χ0) is 19.6. The first-order chi connectivity index (χ1) is 13.6. The predicted octanol–water partition coefficient (Wildman–Crippen LogP) is 3.18. The third kappa shape index (κ3) is 3.85. The molecule has 5 heteroatoms. The molecular weight excluding hydrogens is 352 g/mol. The van der Waals surface area contributed by atoms with Gasteiger partial charge >= 0.3 is 0 Å². The molecule has 4 rings (SSSR count). The fourth-order valence-corrected chi connectivity index (χ4v) is 5.21. The molecule has 0 bridgehead atoms. The van der Waals surface area contributed by atoms with E-state index in [1.165, 1.54) is 10.5 Å². The third-order valence-corrected chi connectivity index (χ3v) is 6.93. The Labute approximate surface area is 167 Å². The lowest BCUT2D eigenvalue weighted by atomic mass is 9.73. The number of carbonyl (C=O) groups excluding carboxylic acids is 3. The Hall–Kier alpha value is -2.17. The average molecular weight is 383 g/mol. The van der Waals surface area contributed by atoms with Crippen molar-refractivity contribution in [3.05, 3.63) is 35.9 Å². The van der Waals surface area contributed by atoms with Gasteiger partial charge in [0.1, 0.15) is 6.54 Å². The number of carbonyl (C=O) groups is 3. The van der Waals surface area contributed by atoms with Crippen LogP contribution in [0.15, 0.2) is 30.3 Å². The van der Waals surface area contributed by atoms with Gasteiger partial charge in [0.05, 0.1) is 5.41 Å². The van der Waals surface area contributed by atoms with Crippen molar-refractivity contribution in [2.45, 2.75) is 57.8 Å². The van der Waals surface area contributed by atoms with Crippen LogP contribution in [0.1, 0.15) is 56.9 Å². The van der Waals surface area contributed by atoms with Crippen LogP contribution in [-0.4, -0.2) is 47.2 Å². The normalized spacial score (nSPS) is 22.9. The van der Waals surface area contributed by atoms with Crippen molar-refractivity contribution in [1.29, 1.82) is 0 Å². The Balaban J connectivity index is 1.30. The average Bonchev–Trinajstić information content (AvgIpc) is 2.94. The highest BCUT2D eigenvalue weighted by atomic mass is 16.2. The molecule has 3 aliphatic rings. The first-order valence-corrected chi connectivity index (χ1v) is 10.7. The SMILES string of the molecule is O=C(CN1C(=O)CC2(CCCCC2)C1=O)N1CCC(Cc2ccccc2)CC1. The molecule has 2 aliphatic heterocycles. The van der Waals surface area contributed by atoms with Gasteiger partial charge in [-0.05, 0) is 43.6 Å². The minimum Gasteiger partial charge on any atom is -0.341 e. The van der Waals surface area contributed by atoms with E-state index in [-0.39, 0.29) is 24.3 Å². The maximum Gasteiger partial charge on any atom is 0.242 e. The van der Waals surface area contributed by atoms with Gasteiger partial charge in [0.2, 0.25) is 17.7 Å². The highest BCUT2D eigenvalue weighted by Gasteiger charge is 2.52. The lowest BCUT2D eigenvalue weighted by Crippen LogP contribution is -2.47. The summed E-state index contributed by atoms with van der Waals surface area (Å²) in [7, 11) is 0. The van der Waals surface area contributed by atoms with Gasteiger partial charge in [-0.15, -0.1) is 0 Å². The molecule has 0 aromatic heterocycles. The van der Waals surface area contributed by atoms with E-state index in [0.717, 1.165) is 64.5 Å². The summed E-state index contributed by atoms with van der Waals surface area (Å²) in [6.45, 7) is 1.37. The van der Waals surface area contributed by atoms with Crippen LogP contribution in [0.4, 0.5) is 0 Å². The summed E-state index contributed by atoms with van der Waals surface area (Å²) >= 11 is 0. The van der Waals surface area contributed by atoms with Gasteiger partial charge in [-0.1, -0.05) is 49.6 Å². The van der Waals surface area contributed by atoms with E-state index in [1.807, 2.05) is 11.0 Å². The standard InChI is InChI=1S/C23H30N2O3/c26-20-16-23(11-5-2-6-12-23)22(28)25(20)17-21(27)24-13-9-19(10-14-24)15-18-7-3-1-4-8-18/h1,3-4,7-8,19H,2,5-6,9-17H2. The smallest absolute Gasteiger partial charge is 0.242 e. The van der Waals surface area contributed by atoms with Gasteiger partial charge in [0.15, 0.2) is 0 Å². The van der Waals surface area contributed by atoms with Crippen molar-refractivity contribution < 1.29 is 14.4 Å². The van der Waals surface area contributed by atoms with Gasteiger partial charge in [0, 0.05) is 19.5 Å². The van der Waals surface area contributed by atoms with Crippen LogP contribution in [-0.2, 0) is 20.8 Å². The fraction of sp³-hybridized carbons (Fsp3) is 0.609. The predicted molar refractivity (Wildman–Crippen MR) is 106 cm³/mol. The molecule has 3 amide bonds. The summed E-state index contributed by atoms with van der Waals surface area (Å²) < 4.78 is 0. The zero-order valence-corrected chi connectivity index (χ0v) is 16.6. The zero-order valence-electron chi connectivity index (χ0n) is 16.6. The van der Waals surface area contributed by atoms with E-state index >= 15 is 0 Å². The van der Waals surface area contributed by atoms with Crippen LogP contribution < -0.4 is 0 Å². The van der Waals surface area contributed by atoms with Gasteiger partial charge in [-0.3, -0.25) is 19.3 Å². The summed E-state index contributed by atoms with van der Waals surface area (Å²) in [5, 5.41) is 0. The molecule has 150 valence electrons. The summed E-state index contributed by atoms with van der Waals surface area (Å²) in [4.78, 5) is 41.2. The number of nitrogens with zero attached hydrogens (tertiary/aromatic N) is 2. The Morgan fingerprint density at radius 1 is 1.00 bits per heavy atom. The Bertz CT molecular complexity index is 731. The molecule has 5 nitrogen and oxygen atoms in total. The first kappa shape index (κ1) is 19.2. The molecule has 1 aliphatic carbocycles. The molecule has 0 atom stereocenters. The maximum atomic E-state index is 12.9. The molecular formula is C23H30N2O3. The number of amides is 3. The highest BCUT2D eigenvalue weighted by Crippen LogP contribution is 2.45. The Morgan fingerprint density at radius 2 is 1.68 bits per heavy atom. The molecule has 2 heterocycles. The molecule has 1 spiro atoms. The number of hydrogen-bond acceptors (Lipinski definition) is 3. The molecule has 28 heavy (non-hydrogen) atoms. The number of piperidine rings is 1. The van der Waals surface area contributed by atoms with E-state index in [1.54, 1.807) is 0 Å². The van der Waals surface area contributed by atoms with Crippen LogP contribution in [0, 0.1) is 11.3 Å². The molecule has 0 unspecified atom stereocenters. The second kappa shape index (κ2) is 8.06. The van der Waals surface area contributed by atoms with Crippen molar-refractivity contribution in [3.8, 4) is 0 Å². The molecule has 1 aromatic rings. The molecule has 1 saturated carbocycles. The lowest BCUT2D eigenvalue weighted by Gasteiger charge is -2.33. The number of benzene rings is 1. The Kier molecular flexibility index (Phi) is 5.51. The van der Waals surface area contributed by atoms with E-state index in [2.05, 4.69) is 24.3 Å². The van der Waals surface area contributed by atoms with Crippen molar-refractivity contribution in [1.82, 2.24) is 9.80 Å². The van der Waals surface area contributed by atoms with Crippen molar-refractivity contribution in [2.75, 3.05) is 19.6 Å². The summed E-state index contributed by atoms with van der Waals surface area (Å²) in [5.74, 6) is 0.267. The number of likely N-dealkylation sites (tertiary alicyclic amines) is 2. The van der Waals surface area contributed by atoms with E-state index in [4.69, 9.17) is 0 Å². The van der Waals surface area contributed by atoms with Crippen molar-refractivity contribution >= 4 is 17.7 Å². The van der Waals surface area contributed by atoms with Crippen LogP contribution in [0.3, 0.4) is 0 Å². The lowest BCUT2D eigenvalue weighted by molar-refractivity contribution is -0.148. The van der Waals surface area contributed by atoms with Gasteiger partial charge < -0.3 is 4.90 Å². The largest absolute Gasteiger partial charge is 0.341 e. The summed E-state index contributed by atoms with van der Waals surface area (Å²) in [5.41, 5.74) is 0.844. The van der Waals surface area contributed by atoms with E-state index in [0.29, 0.717) is 12.3 Å². The minimum atomic E-state index is -0.502. The number of imide groups is 1. The van der Waals surface area contributed by atoms with Crippen LogP contribution in [0.2, 0.25) is 0 Å². The van der Waals surface area contributed by atoms with E-state index < -0.39 is 5.41 Å². The first-order valence-electron chi connectivity index (χ1n) is 10.7. The topological polar surface area (TPSA) is 57.7 Å². The molecule has 1 aromatic carbocycles. The van der Waals surface area contributed by atoms with Crippen molar-refractivity contribution in [2.24, 2.45) is 11.3 Å².